The highest BCUT2D eigenvalue weighted by molar-refractivity contribution is 5.17. The summed E-state index contributed by atoms with van der Waals surface area (Å²) in [5, 5.41) is 17.6. The van der Waals surface area contributed by atoms with Crippen LogP contribution in [0.1, 0.15) is 71.9 Å². The average molecular weight is 496 g/mol. The number of hydrogen-bond donors (Lipinski definition) is 3. The number of aliphatic hydroxyl groups excluding tert-OH is 1. The van der Waals surface area contributed by atoms with Crippen molar-refractivity contribution in [1.29, 1.82) is 0 Å². The molecular weight excluding hydrogens is 442 g/mol. The Hall–Kier alpha value is -1.72. The second-order valence-corrected chi connectivity index (χ2v) is 11.1. The van der Waals surface area contributed by atoms with Crippen molar-refractivity contribution < 1.29 is 5.11 Å². The minimum absolute atomic E-state index is 0.155. The highest BCUT2D eigenvalue weighted by Crippen LogP contribution is 2.19. The van der Waals surface area contributed by atoms with Crippen LogP contribution >= 0.6 is 0 Å². The summed E-state index contributed by atoms with van der Waals surface area (Å²) in [6.07, 6.45) is 3.36. The lowest BCUT2D eigenvalue weighted by Gasteiger charge is -2.36. The minimum atomic E-state index is 0.155. The van der Waals surface area contributed by atoms with E-state index in [0.717, 1.165) is 45.4 Å². The van der Waals surface area contributed by atoms with Crippen molar-refractivity contribution >= 4 is 0 Å². The maximum absolute atomic E-state index is 9.92. The quantitative estimate of drug-likeness (QED) is 0.234. The smallest absolute Gasteiger partial charge is 0.0587 e. The van der Waals surface area contributed by atoms with Crippen LogP contribution in [-0.4, -0.2) is 47.8 Å². The van der Waals surface area contributed by atoms with Crippen molar-refractivity contribution in [2.45, 2.75) is 92.0 Å². The Kier molecular flexibility index (Phi) is 14.3. The third kappa shape index (κ3) is 10.7. The number of hydrogen-bond acceptors (Lipinski definition) is 4. The molecule has 3 N–H and O–H groups in total. The van der Waals surface area contributed by atoms with Gasteiger partial charge in [-0.3, -0.25) is 4.90 Å². The van der Waals surface area contributed by atoms with Crippen molar-refractivity contribution in [2.24, 2.45) is 17.8 Å². The van der Waals surface area contributed by atoms with Crippen LogP contribution in [0.3, 0.4) is 0 Å². The SMILES string of the molecule is CC[C@H](C)[C@@H](CO)NC[C@@H](NC[C@H](CC(C)C)N(Cc1ccccc1)Cc1ccccc1)[C@@H](C)CC. The fourth-order valence-corrected chi connectivity index (χ4v) is 4.91. The van der Waals surface area contributed by atoms with Crippen LogP contribution in [-0.2, 0) is 13.1 Å². The molecule has 0 aliphatic carbocycles. The van der Waals surface area contributed by atoms with Crippen LogP contribution in [0.25, 0.3) is 0 Å². The second kappa shape index (κ2) is 16.9. The Morgan fingerprint density at radius 1 is 0.694 bits per heavy atom. The van der Waals surface area contributed by atoms with Gasteiger partial charge in [0.2, 0.25) is 0 Å². The van der Waals surface area contributed by atoms with Gasteiger partial charge in [-0.1, -0.05) is 115 Å². The van der Waals surface area contributed by atoms with Gasteiger partial charge in [-0.05, 0) is 35.3 Å². The third-order valence-corrected chi connectivity index (χ3v) is 7.79. The summed E-state index contributed by atoms with van der Waals surface area (Å²) in [6.45, 7) is 17.7. The molecule has 0 bridgehead atoms. The minimum Gasteiger partial charge on any atom is -0.395 e. The number of rotatable bonds is 18. The first-order valence-corrected chi connectivity index (χ1v) is 14.3. The first-order valence-electron chi connectivity index (χ1n) is 14.3. The van der Waals surface area contributed by atoms with Crippen LogP contribution in [0, 0.1) is 17.8 Å². The normalized spacial score (nSPS) is 16.1. The van der Waals surface area contributed by atoms with E-state index in [1.807, 2.05) is 0 Å². The predicted molar refractivity (Wildman–Crippen MR) is 155 cm³/mol. The second-order valence-electron chi connectivity index (χ2n) is 11.1. The summed E-state index contributed by atoms with van der Waals surface area (Å²) in [5.41, 5.74) is 2.73. The van der Waals surface area contributed by atoms with E-state index in [9.17, 15) is 5.11 Å². The van der Waals surface area contributed by atoms with E-state index in [0.29, 0.717) is 29.8 Å². The molecular formula is C32H53N3O. The van der Waals surface area contributed by atoms with Gasteiger partial charge in [-0.15, -0.1) is 0 Å². The molecule has 0 unspecified atom stereocenters. The first kappa shape index (κ1) is 30.5. The molecule has 0 spiro atoms. The van der Waals surface area contributed by atoms with E-state index in [1.54, 1.807) is 0 Å². The van der Waals surface area contributed by atoms with Gasteiger partial charge >= 0.3 is 0 Å². The predicted octanol–water partition coefficient (Wildman–Crippen LogP) is 6.10. The molecule has 2 aromatic carbocycles. The fourth-order valence-electron chi connectivity index (χ4n) is 4.91. The lowest BCUT2D eigenvalue weighted by Crippen LogP contribution is -2.52. The van der Waals surface area contributed by atoms with Gasteiger partial charge in [0, 0.05) is 44.3 Å². The molecule has 2 aromatic rings. The van der Waals surface area contributed by atoms with E-state index < -0.39 is 0 Å². The lowest BCUT2D eigenvalue weighted by atomic mass is 9.95. The van der Waals surface area contributed by atoms with Gasteiger partial charge in [0.15, 0.2) is 0 Å². The highest BCUT2D eigenvalue weighted by Gasteiger charge is 2.24. The molecule has 202 valence electrons. The Labute approximate surface area is 221 Å². The molecule has 4 heteroatoms. The monoisotopic (exact) mass is 495 g/mol. The van der Waals surface area contributed by atoms with Crippen LogP contribution in [0.4, 0.5) is 0 Å². The average Bonchev–Trinajstić information content (AvgIpc) is 2.89. The van der Waals surface area contributed by atoms with Gasteiger partial charge in [-0.25, -0.2) is 0 Å². The van der Waals surface area contributed by atoms with Gasteiger partial charge in [0.1, 0.15) is 0 Å². The summed E-state index contributed by atoms with van der Waals surface area (Å²) in [4.78, 5) is 2.66. The van der Waals surface area contributed by atoms with E-state index in [4.69, 9.17) is 0 Å². The van der Waals surface area contributed by atoms with E-state index in [1.165, 1.54) is 11.1 Å². The van der Waals surface area contributed by atoms with E-state index in [-0.39, 0.29) is 12.6 Å². The molecule has 4 nitrogen and oxygen atoms in total. The zero-order valence-electron chi connectivity index (χ0n) is 23.8. The number of nitrogens with zero attached hydrogens (tertiary/aromatic N) is 1. The van der Waals surface area contributed by atoms with Gasteiger partial charge < -0.3 is 15.7 Å². The van der Waals surface area contributed by atoms with Crippen LogP contribution in [0.15, 0.2) is 60.7 Å². The number of aliphatic hydroxyl groups is 1. The Morgan fingerprint density at radius 3 is 1.61 bits per heavy atom. The lowest BCUT2D eigenvalue weighted by molar-refractivity contribution is 0.143. The molecule has 0 saturated heterocycles. The van der Waals surface area contributed by atoms with Crippen LogP contribution < -0.4 is 10.6 Å². The van der Waals surface area contributed by atoms with Gasteiger partial charge in [0.05, 0.1) is 6.61 Å². The Balaban J connectivity index is 2.19. The molecule has 0 heterocycles. The van der Waals surface area contributed by atoms with Crippen molar-refractivity contribution in [3.63, 3.8) is 0 Å². The third-order valence-electron chi connectivity index (χ3n) is 7.79. The Bertz CT molecular complexity index is 756. The summed E-state index contributed by atoms with van der Waals surface area (Å²) in [5.74, 6) is 1.65. The zero-order valence-corrected chi connectivity index (χ0v) is 23.8. The van der Waals surface area contributed by atoms with Crippen LogP contribution in [0.2, 0.25) is 0 Å². The molecule has 36 heavy (non-hydrogen) atoms. The number of nitrogens with one attached hydrogen (secondary N) is 2. The van der Waals surface area contributed by atoms with Gasteiger partial charge in [-0.2, -0.15) is 0 Å². The summed E-state index contributed by atoms with van der Waals surface area (Å²) in [6, 6.07) is 22.7. The van der Waals surface area contributed by atoms with E-state index >= 15 is 0 Å². The van der Waals surface area contributed by atoms with Crippen molar-refractivity contribution in [3.05, 3.63) is 71.8 Å². The summed E-state index contributed by atoms with van der Waals surface area (Å²) < 4.78 is 0. The first-order chi connectivity index (χ1) is 17.4. The highest BCUT2D eigenvalue weighted by atomic mass is 16.3. The summed E-state index contributed by atoms with van der Waals surface area (Å²) >= 11 is 0. The molecule has 5 atom stereocenters. The largest absolute Gasteiger partial charge is 0.395 e. The number of benzene rings is 2. The molecule has 0 saturated carbocycles. The summed E-state index contributed by atoms with van der Waals surface area (Å²) in [7, 11) is 0. The van der Waals surface area contributed by atoms with Crippen molar-refractivity contribution in [3.8, 4) is 0 Å². The standard InChI is InChI=1S/C32H53N3O/c1-7-26(5)31(21-34-32(24-36)27(6)8-2)33-20-30(19-25(3)4)35(22-28-15-11-9-12-16-28)23-29-17-13-10-14-18-29/h9-18,25-27,30-34,36H,7-8,19-24H2,1-6H3/t26-,27-,30-,31+,32+/m0/s1. The van der Waals surface area contributed by atoms with Gasteiger partial charge in [0.25, 0.3) is 0 Å². The molecule has 0 aliphatic heterocycles. The van der Waals surface area contributed by atoms with Crippen molar-refractivity contribution in [1.82, 2.24) is 15.5 Å². The molecule has 0 aromatic heterocycles. The topological polar surface area (TPSA) is 47.5 Å². The fraction of sp³-hybridized carbons (Fsp3) is 0.625. The molecule has 0 radical (unpaired) electrons. The maximum Gasteiger partial charge on any atom is 0.0587 e. The van der Waals surface area contributed by atoms with Crippen molar-refractivity contribution in [2.75, 3.05) is 19.7 Å². The Morgan fingerprint density at radius 2 is 1.17 bits per heavy atom. The van der Waals surface area contributed by atoms with E-state index in [2.05, 4.69) is 118 Å². The molecule has 0 fully saturated rings. The van der Waals surface area contributed by atoms with Crippen LogP contribution in [0.5, 0.6) is 0 Å². The zero-order chi connectivity index (χ0) is 26.3. The molecule has 0 aliphatic rings. The maximum atomic E-state index is 9.92. The molecule has 0 amide bonds. The molecule has 2 rings (SSSR count).